The molecule has 0 spiro atoms. The summed E-state index contributed by atoms with van der Waals surface area (Å²) in [7, 11) is 0. The van der Waals surface area contributed by atoms with E-state index < -0.39 is 6.10 Å². The zero-order valence-electron chi connectivity index (χ0n) is 14.1. The van der Waals surface area contributed by atoms with Gasteiger partial charge in [0.2, 0.25) is 0 Å². The largest absolute Gasteiger partial charge is 0.491 e. The van der Waals surface area contributed by atoms with E-state index in [1.54, 1.807) is 0 Å². The molecule has 0 aliphatic carbocycles. The van der Waals surface area contributed by atoms with Crippen LogP contribution in [0.1, 0.15) is 17.0 Å². The Balaban J connectivity index is 1.69. The number of aromatic nitrogens is 2. The Bertz CT molecular complexity index is 850. The van der Waals surface area contributed by atoms with Crippen LogP contribution in [0, 0.1) is 20.8 Å². The minimum Gasteiger partial charge on any atom is -0.491 e. The maximum atomic E-state index is 10.4. The summed E-state index contributed by atoms with van der Waals surface area (Å²) in [4.78, 5) is 4.51. The highest BCUT2D eigenvalue weighted by molar-refractivity contribution is 6.32. The number of para-hydroxylation sites is 2. The molecule has 2 aromatic carbocycles. The molecule has 0 aliphatic heterocycles. The van der Waals surface area contributed by atoms with Crippen molar-refractivity contribution in [3.8, 4) is 5.75 Å². The minimum atomic E-state index is -0.627. The van der Waals surface area contributed by atoms with Gasteiger partial charge in [-0.1, -0.05) is 23.7 Å². The number of rotatable bonds is 5. The number of aryl methyl sites for hydroxylation is 3. The predicted octanol–water partition coefficient (Wildman–Crippen LogP) is 4.05. The monoisotopic (exact) mass is 344 g/mol. The number of aliphatic hydroxyl groups excluding tert-OH is 1. The van der Waals surface area contributed by atoms with Crippen molar-refractivity contribution in [3.05, 3.63) is 58.4 Å². The van der Waals surface area contributed by atoms with Gasteiger partial charge in [-0.25, -0.2) is 4.98 Å². The molecule has 126 valence electrons. The first-order valence-corrected chi connectivity index (χ1v) is 8.33. The Morgan fingerprint density at radius 3 is 2.54 bits per heavy atom. The van der Waals surface area contributed by atoms with Crippen LogP contribution in [0.4, 0.5) is 0 Å². The van der Waals surface area contributed by atoms with Gasteiger partial charge in [0.25, 0.3) is 0 Å². The third-order valence-electron chi connectivity index (χ3n) is 4.09. The van der Waals surface area contributed by atoms with Crippen molar-refractivity contribution in [1.29, 1.82) is 0 Å². The van der Waals surface area contributed by atoms with Gasteiger partial charge in [0, 0.05) is 5.02 Å². The maximum Gasteiger partial charge on any atom is 0.120 e. The SMILES string of the molecule is Cc1cc(OC[C@@H](O)Cn2c(C)nc3ccccc32)cc(C)c1Cl. The number of aliphatic hydroxyl groups is 1. The molecule has 0 saturated carbocycles. The average Bonchev–Trinajstić information content (AvgIpc) is 2.86. The van der Waals surface area contributed by atoms with E-state index in [-0.39, 0.29) is 6.61 Å². The molecule has 0 bridgehead atoms. The van der Waals surface area contributed by atoms with E-state index in [0.29, 0.717) is 6.54 Å². The summed E-state index contributed by atoms with van der Waals surface area (Å²) in [5, 5.41) is 11.1. The van der Waals surface area contributed by atoms with Gasteiger partial charge in [-0.2, -0.15) is 0 Å². The van der Waals surface area contributed by atoms with Crippen molar-refractivity contribution in [3.63, 3.8) is 0 Å². The second-order valence-electron chi connectivity index (χ2n) is 6.09. The van der Waals surface area contributed by atoms with Gasteiger partial charge in [-0.3, -0.25) is 0 Å². The smallest absolute Gasteiger partial charge is 0.120 e. The molecule has 1 aromatic heterocycles. The van der Waals surface area contributed by atoms with Crippen molar-refractivity contribution in [1.82, 2.24) is 9.55 Å². The summed E-state index contributed by atoms with van der Waals surface area (Å²) in [5.74, 6) is 1.61. The van der Waals surface area contributed by atoms with E-state index >= 15 is 0 Å². The molecule has 1 N–H and O–H groups in total. The third-order valence-corrected chi connectivity index (χ3v) is 4.69. The number of benzene rings is 2. The molecule has 0 amide bonds. The highest BCUT2D eigenvalue weighted by Gasteiger charge is 2.13. The van der Waals surface area contributed by atoms with E-state index in [0.717, 1.165) is 38.8 Å². The molecular weight excluding hydrogens is 324 g/mol. The highest BCUT2D eigenvalue weighted by Crippen LogP contribution is 2.26. The molecular formula is C19H21ClN2O2. The summed E-state index contributed by atoms with van der Waals surface area (Å²) >= 11 is 6.16. The van der Waals surface area contributed by atoms with E-state index in [1.165, 1.54) is 0 Å². The lowest BCUT2D eigenvalue weighted by atomic mass is 10.1. The van der Waals surface area contributed by atoms with E-state index in [4.69, 9.17) is 16.3 Å². The van der Waals surface area contributed by atoms with Crippen LogP contribution >= 0.6 is 11.6 Å². The molecule has 0 aliphatic rings. The van der Waals surface area contributed by atoms with Crippen LogP contribution in [0.25, 0.3) is 11.0 Å². The Hall–Kier alpha value is -2.04. The van der Waals surface area contributed by atoms with E-state index in [9.17, 15) is 5.11 Å². The molecule has 0 saturated heterocycles. The van der Waals surface area contributed by atoms with Gasteiger partial charge in [0.05, 0.1) is 17.6 Å². The molecule has 0 fully saturated rings. The van der Waals surface area contributed by atoms with Crippen molar-refractivity contribution >= 4 is 22.6 Å². The summed E-state index contributed by atoms with van der Waals surface area (Å²) < 4.78 is 7.76. The molecule has 4 nitrogen and oxygen atoms in total. The molecule has 1 heterocycles. The number of hydrogen-bond acceptors (Lipinski definition) is 3. The second-order valence-corrected chi connectivity index (χ2v) is 6.47. The van der Waals surface area contributed by atoms with Crippen LogP contribution in [-0.4, -0.2) is 27.4 Å². The first-order valence-electron chi connectivity index (χ1n) is 7.95. The van der Waals surface area contributed by atoms with Gasteiger partial charge < -0.3 is 14.4 Å². The fraction of sp³-hybridized carbons (Fsp3) is 0.316. The average molecular weight is 345 g/mol. The number of hydrogen-bond donors (Lipinski definition) is 1. The second kappa shape index (κ2) is 6.83. The van der Waals surface area contributed by atoms with Crippen LogP contribution in [0.3, 0.4) is 0 Å². The normalized spacial score (nSPS) is 12.5. The predicted molar refractivity (Wildman–Crippen MR) is 96.9 cm³/mol. The lowest BCUT2D eigenvalue weighted by Gasteiger charge is -2.16. The number of halogens is 1. The quantitative estimate of drug-likeness (QED) is 0.759. The molecule has 5 heteroatoms. The number of ether oxygens (including phenoxy) is 1. The highest BCUT2D eigenvalue weighted by atomic mass is 35.5. The summed E-state index contributed by atoms with van der Waals surface area (Å²) in [6, 6.07) is 11.7. The number of imidazole rings is 1. The fourth-order valence-corrected chi connectivity index (χ4v) is 2.98. The van der Waals surface area contributed by atoms with Crippen LogP contribution < -0.4 is 4.74 Å². The van der Waals surface area contributed by atoms with Gasteiger partial charge in [0.1, 0.15) is 24.3 Å². The van der Waals surface area contributed by atoms with E-state index in [1.807, 2.05) is 61.7 Å². The molecule has 0 radical (unpaired) electrons. The Kier molecular flexibility index (Phi) is 4.78. The minimum absolute atomic E-state index is 0.215. The van der Waals surface area contributed by atoms with Crippen molar-refractivity contribution in [2.24, 2.45) is 0 Å². The van der Waals surface area contributed by atoms with Crippen LogP contribution in [-0.2, 0) is 6.54 Å². The number of fused-ring (bicyclic) bond motifs is 1. The van der Waals surface area contributed by atoms with E-state index in [2.05, 4.69) is 4.98 Å². The van der Waals surface area contributed by atoms with Gasteiger partial charge >= 0.3 is 0 Å². The fourth-order valence-electron chi connectivity index (χ4n) is 2.87. The first kappa shape index (κ1) is 16.8. The Labute approximate surface area is 146 Å². The Morgan fingerprint density at radius 2 is 1.83 bits per heavy atom. The van der Waals surface area contributed by atoms with Crippen molar-refractivity contribution in [2.45, 2.75) is 33.4 Å². The summed E-state index contributed by atoms with van der Waals surface area (Å²) in [6.07, 6.45) is -0.627. The maximum absolute atomic E-state index is 10.4. The molecule has 3 rings (SSSR count). The molecule has 3 aromatic rings. The zero-order chi connectivity index (χ0) is 17.3. The molecule has 1 atom stereocenters. The number of nitrogens with zero attached hydrogens (tertiary/aromatic N) is 2. The molecule has 0 unspecified atom stereocenters. The van der Waals surface area contributed by atoms with Gasteiger partial charge in [-0.05, 0) is 56.2 Å². The van der Waals surface area contributed by atoms with Crippen molar-refractivity contribution < 1.29 is 9.84 Å². The van der Waals surface area contributed by atoms with Gasteiger partial charge in [-0.15, -0.1) is 0 Å². The van der Waals surface area contributed by atoms with Gasteiger partial charge in [0.15, 0.2) is 0 Å². The third kappa shape index (κ3) is 3.40. The van der Waals surface area contributed by atoms with Crippen LogP contribution in [0.2, 0.25) is 5.02 Å². The summed E-state index contributed by atoms with van der Waals surface area (Å²) in [5.41, 5.74) is 3.90. The standard InChI is InChI=1S/C19H21ClN2O2/c1-12-8-16(9-13(2)19(12)20)24-11-15(23)10-22-14(3)21-17-6-4-5-7-18(17)22/h4-9,15,23H,10-11H2,1-3H3/t15-/m0/s1. The van der Waals surface area contributed by atoms with Crippen LogP contribution in [0.15, 0.2) is 36.4 Å². The topological polar surface area (TPSA) is 47.3 Å². The first-order chi connectivity index (χ1) is 11.5. The van der Waals surface area contributed by atoms with Crippen LogP contribution in [0.5, 0.6) is 5.75 Å². The van der Waals surface area contributed by atoms with Crippen molar-refractivity contribution in [2.75, 3.05) is 6.61 Å². The Morgan fingerprint density at radius 1 is 1.17 bits per heavy atom. The lowest BCUT2D eigenvalue weighted by Crippen LogP contribution is -2.24. The molecule has 24 heavy (non-hydrogen) atoms. The lowest BCUT2D eigenvalue weighted by molar-refractivity contribution is 0.0929. The zero-order valence-corrected chi connectivity index (χ0v) is 14.8. The summed E-state index contributed by atoms with van der Waals surface area (Å²) in [6.45, 7) is 6.49.